The number of nitrogens with zero attached hydrogens (tertiary/aromatic N) is 1. The van der Waals surface area contributed by atoms with Crippen LogP contribution in [0.15, 0.2) is 60.7 Å². The van der Waals surface area contributed by atoms with Crippen molar-refractivity contribution in [2.24, 2.45) is 5.92 Å². The van der Waals surface area contributed by atoms with Crippen LogP contribution in [0.2, 0.25) is 0 Å². The summed E-state index contributed by atoms with van der Waals surface area (Å²) < 4.78 is 0. The third-order valence-electron chi connectivity index (χ3n) is 5.25. The van der Waals surface area contributed by atoms with E-state index in [1.807, 2.05) is 12.1 Å². The summed E-state index contributed by atoms with van der Waals surface area (Å²) in [5.41, 5.74) is 2.50. The summed E-state index contributed by atoms with van der Waals surface area (Å²) in [6.07, 6.45) is 2.09. The number of carbonyl (C=O) groups is 1. The van der Waals surface area contributed by atoms with Crippen LogP contribution in [-0.4, -0.2) is 29.8 Å². The average molecular weight is 291 g/mol. The molecule has 1 atom stereocenters. The lowest BCUT2D eigenvalue weighted by Crippen LogP contribution is -2.57. The molecule has 0 spiro atoms. The van der Waals surface area contributed by atoms with Gasteiger partial charge < -0.3 is 0 Å². The Bertz CT molecular complexity index is 604. The summed E-state index contributed by atoms with van der Waals surface area (Å²) in [5, 5.41) is 0. The zero-order valence-corrected chi connectivity index (χ0v) is 12.7. The number of Topliss-reactive ketones (excluding diaryl/α,β-unsaturated/α-hetero) is 1. The van der Waals surface area contributed by atoms with Gasteiger partial charge in [0.2, 0.25) is 0 Å². The molecule has 2 aromatic rings. The highest BCUT2D eigenvalue weighted by molar-refractivity contribution is 5.89. The number of carbonyl (C=O) groups excluding carboxylic acids is 1. The Labute approximate surface area is 131 Å². The summed E-state index contributed by atoms with van der Waals surface area (Å²) in [4.78, 5) is 15.3. The van der Waals surface area contributed by atoms with Gasteiger partial charge in [0.25, 0.3) is 0 Å². The number of rotatable bonds is 3. The molecule has 2 bridgehead atoms. The molecule has 0 radical (unpaired) electrons. The van der Waals surface area contributed by atoms with E-state index in [2.05, 4.69) is 53.4 Å². The molecule has 3 aliphatic heterocycles. The van der Waals surface area contributed by atoms with Gasteiger partial charge in [-0.2, -0.15) is 0 Å². The molecule has 3 heterocycles. The highest BCUT2D eigenvalue weighted by Gasteiger charge is 2.45. The Balaban J connectivity index is 1.79. The van der Waals surface area contributed by atoms with Crippen LogP contribution in [0.5, 0.6) is 0 Å². The minimum Gasteiger partial charge on any atom is -0.298 e. The minimum atomic E-state index is 0.0114. The standard InChI is InChI=1S/C20H21NO/c22-20-17-11-13-21(14-12-17)19(20)18(15-7-3-1-4-8-15)16-9-5-2-6-10-16/h1-10,17-19H,11-14H2/t19-/m1/s1. The molecule has 0 aliphatic carbocycles. The third kappa shape index (κ3) is 2.28. The molecule has 0 unspecified atom stereocenters. The van der Waals surface area contributed by atoms with Gasteiger partial charge in [-0.15, -0.1) is 0 Å². The van der Waals surface area contributed by atoms with Crippen molar-refractivity contribution in [1.82, 2.24) is 4.90 Å². The van der Waals surface area contributed by atoms with E-state index in [0.717, 1.165) is 25.9 Å². The Hall–Kier alpha value is -1.93. The molecule has 0 N–H and O–H groups in total. The van der Waals surface area contributed by atoms with E-state index >= 15 is 0 Å². The molecule has 3 saturated heterocycles. The second-order valence-electron chi connectivity index (χ2n) is 6.46. The van der Waals surface area contributed by atoms with Crippen molar-refractivity contribution in [3.63, 3.8) is 0 Å². The van der Waals surface area contributed by atoms with Crippen LogP contribution >= 0.6 is 0 Å². The zero-order valence-electron chi connectivity index (χ0n) is 12.7. The molecule has 0 aromatic heterocycles. The number of hydrogen-bond acceptors (Lipinski definition) is 2. The van der Waals surface area contributed by atoms with Crippen LogP contribution in [0.1, 0.15) is 29.9 Å². The van der Waals surface area contributed by atoms with Crippen LogP contribution in [0, 0.1) is 5.92 Å². The van der Waals surface area contributed by atoms with Gasteiger partial charge in [0.15, 0.2) is 5.78 Å². The van der Waals surface area contributed by atoms with Crippen LogP contribution in [-0.2, 0) is 4.79 Å². The quantitative estimate of drug-likeness (QED) is 0.863. The fourth-order valence-electron chi connectivity index (χ4n) is 4.14. The molecule has 5 rings (SSSR count). The number of ketones is 1. The Morgan fingerprint density at radius 3 is 1.77 bits per heavy atom. The fraction of sp³-hybridized carbons (Fsp3) is 0.350. The van der Waals surface area contributed by atoms with Crippen molar-refractivity contribution in [1.29, 1.82) is 0 Å². The van der Waals surface area contributed by atoms with Crippen molar-refractivity contribution < 1.29 is 4.79 Å². The average Bonchev–Trinajstić information content (AvgIpc) is 2.60. The van der Waals surface area contributed by atoms with Crippen LogP contribution in [0.25, 0.3) is 0 Å². The molecular formula is C20H21NO. The predicted octanol–water partition coefficient (Wildman–Crippen LogP) is 3.48. The maximum Gasteiger partial charge on any atom is 0.154 e. The lowest BCUT2D eigenvalue weighted by Gasteiger charge is -2.47. The second kappa shape index (κ2) is 5.69. The van der Waals surface area contributed by atoms with Gasteiger partial charge >= 0.3 is 0 Å². The Morgan fingerprint density at radius 1 is 0.818 bits per heavy atom. The second-order valence-corrected chi connectivity index (χ2v) is 6.46. The van der Waals surface area contributed by atoms with E-state index < -0.39 is 0 Å². The number of benzene rings is 2. The molecule has 2 nitrogen and oxygen atoms in total. The highest BCUT2D eigenvalue weighted by Crippen LogP contribution is 2.39. The van der Waals surface area contributed by atoms with Gasteiger partial charge in [-0.25, -0.2) is 0 Å². The number of hydrogen-bond donors (Lipinski definition) is 0. The molecule has 2 heteroatoms. The number of piperidine rings is 3. The van der Waals surface area contributed by atoms with Gasteiger partial charge in [0.05, 0.1) is 6.04 Å². The lowest BCUT2D eigenvalue weighted by atomic mass is 9.73. The van der Waals surface area contributed by atoms with Gasteiger partial charge in [0.1, 0.15) is 0 Å². The summed E-state index contributed by atoms with van der Waals surface area (Å²) >= 11 is 0. The molecule has 0 saturated carbocycles. The minimum absolute atomic E-state index is 0.0114. The van der Waals surface area contributed by atoms with Crippen molar-refractivity contribution >= 4 is 5.78 Å². The van der Waals surface area contributed by atoms with Gasteiger partial charge in [-0.3, -0.25) is 9.69 Å². The van der Waals surface area contributed by atoms with E-state index in [4.69, 9.17) is 0 Å². The molecule has 0 amide bonds. The molecule has 22 heavy (non-hydrogen) atoms. The smallest absolute Gasteiger partial charge is 0.154 e. The monoisotopic (exact) mass is 291 g/mol. The summed E-state index contributed by atoms with van der Waals surface area (Å²) in [7, 11) is 0. The predicted molar refractivity (Wildman–Crippen MR) is 87.8 cm³/mol. The van der Waals surface area contributed by atoms with Crippen LogP contribution < -0.4 is 0 Å². The van der Waals surface area contributed by atoms with E-state index in [-0.39, 0.29) is 17.9 Å². The third-order valence-corrected chi connectivity index (χ3v) is 5.25. The van der Waals surface area contributed by atoms with E-state index in [9.17, 15) is 4.79 Å². The first-order chi connectivity index (χ1) is 10.8. The SMILES string of the molecule is O=C1C2CCN(CC2)[C@@H]1C(c1ccccc1)c1ccccc1. The van der Waals surface area contributed by atoms with E-state index in [1.54, 1.807) is 0 Å². The van der Waals surface area contributed by atoms with Crippen molar-refractivity contribution in [3.8, 4) is 0 Å². The molecule has 3 aliphatic rings. The molecule has 112 valence electrons. The highest BCUT2D eigenvalue weighted by atomic mass is 16.1. The largest absolute Gasteiger partial charge is 0.298 e. The topological polar surface area (TPSA) is 20.3 Å². The van der Waals surface area contributed by atoms with Crippen LogP contribution in [0.4, 0.5) is 0 Å². The molecule has 3 fully saturated rings. The maximum atomic E-state index is 12.9. The maximum absolute atomic E-state index is 12.9. The first-order valence-corrected chi connectivity index (χ1v) is 8.22. The van der Waals surface area contributed by atoms with Gasteiger partial charge in [-0.1, -0.05) is 60.7 Å². The van der Waals surface area contributed by atoms with Crippen LogP contribution in [0.3, 0.4) is 0 Å². The van der Waals surface area contributed by atoms with E-state index in [1.165, 1.54) is 11.1 Å². The Morgan fingerprint density at radius 2 is 1.32 bits per heavy atom. The summed E-state index contributed by atoms with van der Waals surface area (Å²) in [6, 6.07) is 21.0. The Kier molecular flexibility index (Phi) is 3.55. The lowest BCUT2D eigenvalue weighted by molar-refractivity contribution is -0.137. The van der Waals surface area contributed by atoms with Crippen molar-refractivity contribution in [3.05, 3.63) is 71.8 Å². The first kappa shape index (κ1) is 13.7. The molecule has 2 aromatic carbocycles. The first-order valence-electron chi connectivity index (χ1n) is 8.22. The van der Waals surface area contributed by atoms with E-state index in [0.29, 0.717) is 5.78 Å². The zero-order chi connectivity index (χ0) is 14.9. The number of fused-ring (bicyclic) bond motifs is 3. The summed E-state index contributed by atoms with van der Waals surface area (Å²) in [5.74, 6) is 0.887. The van der Waals surface area contributed by atoms with Gasteiger partial charge in [0, 0.05) is 11.8 Å². The normalized spacial score (nSPS) is 27.3. The summed E-state index contributed by atoms with van der Waals surface area (Å²) in [6.45, 7) is 2.13. The van der Waals surface area contributed by atoms with Crippen molar-refractivity contribution in [2.45, 2.75) is 24.8 Å². The van der Waals surface area contributed by atoms with Gasteiger partial charge in [-0.05, 0) is 37.1 Å². The van der Waals surface area contributed by atoms with Crippen molar-refractivity contribution in [2.75, 3.05) is 13.1 Å². The molecular weight excluding hydrogens is 270 g/mol. The fourth-order valence-corrected chi connectivity index (χ4v) is 4.14.